The molecule has 1 aromatic heterocycles. The molecule has 0 bridgehead atoms. The van der Waals surface area contributed by atoms with Crippen molar-refractivity contribution in [2.75, 3.05) is 27.8 Å². The lowest BCUT2D eigenvalue weighted by molar-refractivity contribution is 0.590. The first kappa shape index (κ1) is 45.6. The normalized spacial score (nSPS) is 16.6. The van der Waals surface area contributed by atoms with Gasteiger partial charge in [-0.1, -0.05) is 199 Å². The number of para-hydroxylation sites is 4. The average molecular weight is 1010 g/mol. The minimum atomic E-state index is -0.615. The molecule has 5 heteroatoms. The Morgan fingerprint density at radius 1 is 0.397 bits per heavy atom. The van der Waals surface area contributed by atoms with Crippen molar-refractivity contribution in [2.45, 2.75) is 70.6 Å². The van der Waals surface area contributed by atoms with Crippen LogP contribution in [0.5, 0.6) is 0 Å². The van der Waals surface area contributed by atoms with Crippen LogP contribution in [0.4, 0.5) is 39.8 Å². The monoisotopic (exact) mass is 1000 g/mol. The van der Waals surface area contributed by atoms with E-state index in [4.69, 9.17) is 0 Å². The first-order valence-corrected chi connectivity index (χ1v) is 28.3. The minimum absolute atomic E-state index is 0.0346. The molecule has 5 heterocycles. The second-order valence-corrected chi connectivity index (χ2v) is 24.7. The van der Waals surface area contributed by atoms with Crippen molar-refractivity contribution in [1.29, 1.82) is 0 Å². The Hall–Kier alpha value is -8.54. The summed E-state index contributed by atoms with van der Waals surface area (Å²) in [5.41, 5.74) is 28.7. The zero-order chi connectivity index (χ0) is 52.4. The Balaban J connectivity index is 1.07. The third-order valence-corrected chi connectivity index (χ3v) is 18.4. The lowest BCUT2D eigenvalue weighted by Gasteiger charge is -2.46. The molecule has 1 aliphatic carbocycles. The number of aromatic nitrogens is 1. The van der Waals surface area contributed by atoms with Crippen molar-refractivity contribution in [3.8, 4) is 27.9 Å². The van der Waals surface area contributed by atoms with Gasteiger partial charge in [-0.3, -0.25) is 0 Å². The van der Waals surface area contributed by atoms with Gasteiger partial charge in [0, 0.05) is 63.5 Å². The van der Waals surface area contributed by atoms with Crippen molar-refractivity contribution < 1.29 is 0 Å². The summed E-state index contributed by atoms with van der Waals surface area (Å²) >= 11 is 0. The van der Waals surface area contributed by atoms with Gasteiger partial charge in [0.25, 0.3) is 6.71 Å². The van der Waals surface area contributed by atoms with Gasteiger partial charge in [-0.15, -0.1) is 0 Å². The van der Waals surface area contributed by atoms with Crippen LogP contribution in [0.15, 0.2) is 212 Å². The maximum Gasteiger partial charge on any atom is 0.252 e. The molecule has 0 amide bonds. The van der Waals surface area contributed by atoms with E-state index in [0.717, 1.165) is 13.1 Å². The molecule has 0 radical (unpaired) electrons. The van der Waals surface area contributed by atoms with Gasteiger partial charge in [0.15, 0.2) is 0 Å². The fourth-order valence-corrected chi connectivity index (χ4v) is 14.8. The molecule has 0 N–H and O–H groups in total. The number of nitrogens with zero attached hydrogens (tertiary/aromatic N) is 4. The van der Waals surface area contributed by atoms with Crippen LogP contribution in [-0.4, -0.2) is 24.4 Å². The Morgan fingerprint density at radius 3 is 1.82 bits per heavy atom. The molecule has 376 valence electrons. The Labute approximate surface area is 458 Å². The van der Waals surface area contributed by atoms with E-state index in [-0.39, 0.29) is 17.5 Å². The predicted molar refractivity (Wildman–Crippen MR) is 330 cm³/mol. The molecular weight excluding hydrogens is 944 g/mol. The summed E-state index contributed by atoms with van der Waals surface area (Å²) in [6.07, 6.45) is 2.38. The zero-order valence-electron chi connectivity index (χ0n) is 45.4. The van der Waals surface area contributed by atoms with Gasteiger partial charge < -0.3 is 19.3 Å². The van der Waals surface area contributed by atoms with Crippen molar-refractivity contribution in [2.24, 2.45) is 0 Å². The molecule has 1 saturated heterocycles. The molecule has 10 aromatic carbocycles. The summed E-state index contributed by atoms with van der Waals surface area (Å²) in [5, 5.41) is 2.58. The Bertz CT molecular complexity index is 4340. The van der Waals surface area contributed by atoms with Crippen LogP contribution >= 0.6 is 0 Å². The number of hydrogen-bond donors (Lipinski definition) is 0. The number of anilines is 7. The van der Waals surface area contributed by atoms with E-state index in [1.54, 1.807) is 0 Å². The smallest absolute Gasteiger partial charge is 0.252 e. The second kappa shape index (κ2) is 16.3. The minimum Gasteiger partial charge on any atom is -0.371 e. The summed E-state index contributed by atoms with van der Waals surface area (Å²) in [5.74, 6) is 0. The van der Waals surface area contributed by atoms with Gasteiger partial charge in [-0.05, 0) is 145 Å². The van der Waals surface area contributed by atoms with Gasteiger partial charge in [0.05, 0.1) is 27.8 Å². The van der Waals surface area contributed by atoms with Crippen molar-refractivity contribution in [3.63, 3.8) is 0 Å². The van der Waals surface area contributed by atoms with Gasteiger partial charge >= 0.3 is 0 Å². The van der Waals surface area contributed by atoms with E-state index >= 15 is 0 Å². The third kappa shape index (κ3) is 6.19. The average Bonchev–Trinajstić information content (AvgIpc) is 2.92. The molecular formula is C73H61BN4. The van der Waals surface area contributed by atoms with E-state index in [1.165, 1.54) is 152 Å². The number of hydrogen-bond acceptors (Lipinski definition) is 3. The van der Waals surface area contributed by atoms with Crippen LogP contribution in [0.2, 0.25) is 0 Å². The standard InChI is InChI=1S/C73H61BN4/c1-71(2,3)47-24-20-25-49(40-47)76-65-41-48(72(4,5)6)36-37-60(65)74-61-44-55-52-27-10-13-30-56(52)73(57-31-14-17-35-64(57)78-63-34-16-12-28-53(63)54-29-21-32-58(73)70(54)78)59(55)45-66(61)77(62-33-15-11-26-51(62)46-22-8-7-9-23-46)68-43-50(42-67(76)69(68)74)75-38-18-19-39-75/h7-17,20-37,40-45H,18-19,38-39H2,1-6H3/t73-/m1/s1. The van der Waals surface area contributed by atoms with Crippen LogP contribution in [0.3, 0.4) is 0 Å². The summed E-state index contributed by atoms with van der Waals surface area (Å²) in [6.45, 7) is 16.1. The number of benzene rings is 10. The lowest BCUT2D eigenvalue weighted by atomic mass is 9.33. The Kier molecular flexibility index (Phi) is 9.51. The molecule has 78 heavy (non-hydrogen) atoms. The first-order valence-electron chi connectivity index (χ1n) is 28.3. The number of rotatable bonds is 4. The summed E-state index contributed by atoms with van der Waals surface area (Å²) in [4.78, 5) is 8.01. The fraction of sp³-hybridized carbons (Fsp3) is 0.178. The molecule has 4 nitrogen and oxygen atoms in total. The van der Waals surface area contributed by atoms with Crippen molar-refractivity contribution >= 4 is 84.7 Å². The Morgan fingerprint density at radius 2 is 1.03 bits per heavy atom. The van der Waals surface area contributed by atoms with E-state index in [1.807, 2.05) is 0 Å². The fourth-order valence-electron chi connectivity index (χ4n) is 14.8. The van der Waals surface area contributed by atoms with Gasteiger partial charge in [-0.2, -0.15) is 0 Å². The van der Waals surface area contributed by atoms with Crippen LogP contribution in [0.25, 0.3) is 49.7 Å². The van der Waals surface area contributed by atoms with E-state index < -0.39 is 5.41 Å². The summed E-state index contributed by atoms with van der Waals surface area (Å²) in [7, 11) is 0. The first-order chi connectivity index (χ1) is 38.0. The summed E-state index contributed by atoms with van der Waals surface area (Å²) < 4.78 is 2.56. The van der Waals surface area contributed by atoms with E-state index in [0.29, 0.717) is 0 Å². The highest BCUT2D eigenvalue weighted by Crippen LogP contribution is 2.62. The van der Waals surface area contributed by atoms with Crippen LogP contribution in [0.1, 0.15) is 87.8 Å². The van der Waals surface area contributed by atoms with Crippen LogP contribution in [-0.2, 0) is 16.2 Å². The molecule has 5 aliphatic rings. The maximum atomic E-state index is 2.70. The lowest BCUT2D eigenvalue weighted by Crippen LogP contribution is -2.61. The molecule has 1 fully saturated rings. The van der Waals surface area contributed by atoms with Gasteiger partial charge in [-0.25, -0.2) is 0 Å². The molecule has 11 aromatic rings. The van der Waals surface area contributed by atoms with Gasteiger partial charge in [0.2, 0.25) is 0 Å². The quantitative estimate of drug-likeness (QED) is 0.163. The third-order valence-electron chi connectivity index (χ3n) is 18.4. The van der Waals surface area contributed by atoms with E-state index in [2.05, 4.69) is 273 Å². The molecule has 1 spiro atoms. The highest BCUT2D eigenvalue weighted by molar-refractivity contribution is 7.00. The van der Waals surface area contributed by atoms with Crippen LogP contribution in [0, 0.1) is 0 Å². The van der Waals surface area contributed by atoms with E-state index in [9.17, 15) is 0 Å². The zero-order valence-corrected chi connectivity index (χ0v) is 45.4. The number of fused-ring (bicyclic) bond motifs is 16. The van der Waals surface area contributed by atoms with Crippen molar-refractivity contribution in [3.05, 3.63) is 246 Å². The highest BCUT2D eigenvalue weighted by Gasteiger charge is 2.53. The molecule has 16 rings (SSSR count). The highest BCUT2D eigenvalue weighted by atomic mass is 15.2. The maximum absolute atomic E-state index is 2.70. The second-order valence-electron chi connectivity index (χ2n) is 24.7. The predicted octanol–water partition coefficient (Wildman–Crippen LogP) is 16.4. The molecule has 0 saturated carbocycles. The molecule has 1 atom stereocenters. The van der Waals surface area contributed by atoms with Crippen LogP contribution < -0.4 is 31.1 Å². The topological polar surface area (TPSA) is 14.7 Å². The van der Waals surface area contributed by atoms with Gasteiger partial charge in [0.1, 0.15) is 0 Å². The molecule has 4 aliphatic heterocycles. The largest absolute Gasteiger partial charge is 0.371 e. The van der Waals surface area contributed by atoms with Crippen molar-refractivity contribution in [1.82, 2.24) is 4.57 Å². The summed E-state index contributed by atoms with van der Waals surface area (Å²) in [6, 6.07) is 82.4. The molecule has 0 unspecified atom stereocenters. The SMILES string of the molecule is CC(C)(C)c1cccc(N2c3cc(C(C)(C)C)ccc3B3c4cc5c(cc4N(c4ccccc4-c4ccccc4)c4cc(N6CCCC6)cc2c43)[C@]2(c3ccccc3-5)c3ccccc3-n3c4ccccc4c4cccc2c43)c1.